The highest BCUT2D eigenvalue weighted by atomic mass is 35.5. The van der Waals surface area contributed by atoms with Crippen molar-refractivity contribution in [2.45, 2.75) is 11.6 Å². The van der Waals surface area contributed by atoms with Crippen molar-refractivity contribution >= 4 is 35.0 Å². The minimum atomic E-state index is -0.0384. The van der Waals surface area contributed by atoms with Crippen molar-refractivity contribution in [1.82, 2.24) is 10.3 Å². The Labute approximate surface area is 126 Å². The van der Waals surface area contributed by atoms with Gasteiger partial charge in [-0.2, -0.15) is 0 Å². The zero-order valence-electron chi connectivity index (χ0n) is 10.7. The van der Waals surface area contributed by atoms with Crippen LogP contribution < -0.4 is 11.1 Å². The van der Waals surface area contributed by atoms with Gasteiger partial charge in [0, 0.05) is 11.6 Å². The summed E-state index contributed by atoms with van der Waals surface area (Å²) in [6, 6.07) is 10.9. The van der Waals surface area contributed by atoms with E-state index in [2.05, 4.69) is 10.3 Å². The number of nitrogens with zero attached hydrogens (tertiary/aromatic N) is 1. The van der Waals surface area contributed by atoms with E-state index in [0.29, 0.717) is 23.0 Å². The Morgan fingerprint density at radius 1 is 1.25 bits per heavy atom. The van der Waals surface area contributed by atoms with Crippen LogP contribution in [-0.2, 0) is 11.3 Å². The van der Waals surface area contributed by atoms with Crippen LogP contribution in [0.1, 0.15) is 5.56 Å². The molecule has 3 N–H and O–H groups in total. The van der Waals surface area contributed by atoms with Gasteiger partial charge >= 0.3 is 0 Å². The topological polar surface area (TPSA) is 68.0 Å². The van der Waals surface area contributed by atoms with Gasteiger partial charge in [0.2, 0.25) is 5.91 Å². The quantitative estimate of drug-likeness (QED) is 0.833. The van der Waals surface area contributed by atoms with Crippen molar-refractivity contribution in [3.05, 3.63) is 53.2 Å². The van der Waals surface area contributed by atoms with Crippen LogP contribution in [0.15, 0.2) is 47.6 Å². The van der Waals surface area contributed by atoms with Crippen LogP contribution in [0.2, 0.25) is 5.02 Å². The molecule has 6 heteroatoms. The van der Waals surface area contributed by atoms with Gasteiger partial charge in [-0.25, -0.2) is 4.98 Å². The van der Waals surface area contributed by atoms with Crippen molar-refractivity contribution in [3.8, 4) is 0 Å². The fourth-order valence-electron chi connectivity index (χ4n) is 1.47. The number of rotatable bonds is 5. The lowest BCUT2D eigenvalue weighted by Crippen LogP contribution is -2.24. The SMILES string of the molecule is Nc1ccc(SCC(=O)NCc2ccc(Cl)cc2)nc1. The number of nitrogens with one attached hydrogen (secondary N) is 1. The summed E-state index contributed by atoms with van der Waals surface area (Å²) in [5.41, 5.74) is 7.17. The minimum absolute atomic E-state index is 0.0384. The lowest BCUT2D eigenvalue weighted by Gasteiger charge is -2.05. The van der Waals surface area contributed by atoms with E-state index >= 15 is 0 Å². The standard InChI is InChI=1S/C14H14ClN3OS/c15-11-3-1-10(2-4-11)7-17-13(19)9-20-14-6-5-12(16)8-18-14/h1-6,8H,7,9,16H2,(H,17,19). The summed E-state index contributed by atoms with van der Waals surface area (Å²) in [5, 5.41) is 4.31. The predicted molar refractivity (Wildman–Crippen MR) is 82.7 cm³/mol. The van der Waals surface area contributed by atoms with Gasteiger partial charge in [0.1, 0.15) is 0 Å². The summed E-state index contributed by atoms with van der Waals surface area (Å²) in [6.07, 6.45) is 1.58. The maximum absolute atomic E-state index is 11.7. The molecule has 20 heavy (non-hydrogen) atoms. The Bertz CT molecular complexity index is 520. The lowest BCUT2D eigenvalue weighted by molar-refractivity contribution is -0.118. The number of benzene rings is 1. The van der Waals surface area contributed by atoms with Gasteiger partial charge in [-0.1, -0.05) is 35.5 Å². The number of aromatic nitrogens is 1. The van der Waals surface area contributed by atoms with E-state index in [9.17, 15) is 4.79 Å². The molecule has 0 atom stereocenters. The first-order valence-electron chi connectivity index (χ1n) is 5.99. The number of thioether (sulfide) groups is 1. The van der Waals surface area contributed by atoms with Gasteiger partial charge in [-0.15, -0.1) is 0 Å². The fraction of sp³-hybridized carbons (Fsp3) is 0.143. The maximum Gasteiger partial charge on any atom is 0.230 e. The van der Waals surface area contributed by atoms with E-state index in [1.54, 1.807) is 30.5 Å². The molecule has 0 aliphatic heterocycles. The van der Waals surface area contributed by atoms with Crippen molar-refractivity contribution in [1.29, 1.82) is 0 Å². The zero-order chi connectivity index (χ0) is 14.4. The van der Waals surface area contributed by atoms with E-state index in [-0.39, 0.29) is 5.91 Å². The average molecular weight is 308 g/mol. The van der Waals surface area contributed by atoms with Crippen LogP contribution in [0.5, 0.6) is 0 Å². The van der Waals surface area contributed by atoms with Gasteiger partial charge in [0.25, 0.3) is 0 Å². The van der Waals surface area contributed by atoms with Crippen molar-refractivity contribution in [2.24, 2.45) is 0 Å². The van der Waals surface area contributed by atoms with E-state index in [1.807, 2.05) is 12.1 Å². The van der Waals surface area contributed by atoms with Gasteiger partial charge in [0.05, 0.1) is 22.7 Å². The van der Waals surface area contributed by atoms with Crippen LogP contribution in [0.4, 0.5) is 5.69 Å². The molecule has 0 aliphatic rings. The summed E-state index contributed by atoms with van der Waals surface area (Å²) >= 11 is 7.17. The van der Waals surface area contributed by atoms with E-state index in [4.69, 9.17) is 17.3 Å². The highest BCUT2D eigenvalue weighted by Crippen LogP contribution is 2.15. The molecular formula is C14H14ClN3OS. The first-order valence-corrected chi connectivity index (χ1v) is 7.35. The van der Waals surface area contributed by atoms with E-state index in [1.165, 1.54) is 11.8 Å². The third kappa shape index (κ3) is 4.75. The molecule has 1 aromatic carbocycles. The molecule has 0 spiro atoms. The van der Waals surface area contributed by atoms with Crippen LogP contribution >= 0.6 is 23.4 Å². The molecule has 1 aromatic heterocycles. The first kappa shape index (κ1) is 14.7. The van der Waals surface area contributed by atoms with Crippen LogP contribution in [-0.4, -0.2) is 16.6 Å². The minimum Gasteiger partial charge on any atom is -0.397 e. The van der Waals surface area contributed by atoms with Crippen LogP contribution in [0.25, 0.3) is 0 Å². The van der Waals surface area contributed by atoms with Gasteiger partial charge in [-0.05, 0) is 29.8 Å². The Morgan fingerprint density at radius 2 is 2.00 bits per heavy atom. The number of nitrogen functional groups attached to an aromatic ring is 1. The number of hydrogen-bond donors (Lipinski definition) is 2. The van der Waals surface area contributed by atoms with E-state index < -0.39 is 0 Å². The summed E-state index contributed by atoms with van der Waals surface area (Å²) in [6.45, 7) is 0.492. The molecule has 0 fully saturated rings. The monoisotopic (exact) mass is 307 g/mol. The highest BCUT2D eigenvalue weighted by molar-refractivity contribution is 7.99. The number of carbonyl (C=O) groups excluding carboxylic acids is 1. The number of anilines is 1. The maximum atomic E-state index is 11.7. The number of hydrogen-bond acceptors (Lipinski definition) is 4. The Kier molecular flexibility index (Phi) is 5.26. The van der Waals surface area contributed by atoms with Gasteiger partial charge in [-0.3, -0.25) is 4.79 Å². The molecule has 0 saturated heterocycles. The second-order valence-electron chi connectivity index (χ2n) is 4.12. The smallest absolute Gasteiger partial charge is 0.230 e. The third-order valence-electron chi connectivity index (χ3n) is 2.51. The summed E-state index contributed by atoms with van der Waals surface area (Å²) in [5.74, 6) is 0.286. The van der Waals surface area contributed by atoms with Crippen LogP contribution in [0.3, 0.4) is 0 Å². The molecule has 0 bridgehead atoms. The first-order chi connectivity index (χ1) is 9.63. The second kappa shape index (κ2) is 7.17. The molecule has 0 aliphatic carbocycles. The summed E-state index contributed by atoms with van der Waals surface area (Å²) < 4.78 is 0. The number of pyridine rings is 1. The third-order valence-corrected chi connectivity index (χ3v) is 3.71. The summed E-state index contributed by atoms with van der Waals surface area (Å²) in [7, 11) is 0. The molecule has 0 saturated carbocycles. The molecular weight excluding hydrogens is 294 g/mol. The largest absolute Gasteiger partial charge is 0.397 e. The van der Waals surface area contributed by atoms with Crippen molar-refractivity contribution < 1.29 is 4.79 Å². The number of nitrogens with two attached hydrogens (primary N) is 1. The molecule has 1 heterocycles. The van der Waals surface area contributed by atoms with Crippen molar-refractivity contribution in [2.75, 3.05) is 11.5 Å². The van der Waals surface area contributed by atoms with E-state index in [0.717, 1.165) is 10.6 Å². The lowest BCUT2D eigenvalue weighted by atomic mass is 10.2. The molecule has 0 unspecified atom stereocenters. The molecule has 2 aromatic rings. The zero-order valence-corrected chi connectivity index (χ0v) is 12.2. The summed E-state index contributed by atoms with van der Waals surface area (Å²) in [4.78, 5) is 15.8. The highest BCUT2D eigenvalue weighted by Gasteiger charge is 2.03. The number of amides is 1. The molecule has 1 amide bonds. The number of carbonyl (C=O) groups is 1. The van der Waals surface area contributed by atoms with Crippen molar-refractivity contribution in [3.63, 3.8) is 0 Å². The Balaban J connectivity index is 1.75. The molecule has 104 valence electrons. The van der Waals surface area contributed by atoms with Gasteiger partial charge < -0.3 is 11.1 Å². The Morgan fingerprint density at radius 3 is 2.65 bits per heavy atom. The fourth-order valence-corrected chi connectivity index (χ4v) is 2.27. The number of halogens is 1. The molecule has 0 radical (unpaired) electrons. The predicted octanol–water partition coefficient (Wildman–Crippen LogP) is 2.73. The normalized spacial score (nSPS) is 10.2. The van der Waals surface area contributed by atoms with Gasteiger partial charge in [0.15, 0.2) is 0 Å². The average Bonchev–Trinajstić information content (AvgIpc) is 2.46. The second-order valence-corrected chi connectivity index (χ2v) is 5.55. The molecule has 2 rings (SSSR count). The Hall–Kier alpha value is -1.72. The van der Waals surface area contributed by atoms with Crippen LogP contribution in [0, 0.1) is 0 Å². The molecule has 4 nitrogen and oxygen atoms in total.